The lowest BCUT2D eigenvalue weighted by atomic mass is 9.95. The molecule has 6 nitrogen and oxygen atoms in total. The van der Waals surface area contributed by atoms with E-state index in [0.717, 1.165) is 4.88 Å². The molecule has 7 heteroatoms. The zero-order chi connectivity index (χ0) is 15.4. The molecular weight excluding hydrogens is 294 g/mol. The van der Waals surface area contributed by atoms with Crippen LogP contribution >= 0.6 is 11.3 Å². The maximum absolute atomic E-state index is 12.3. The summed E-state index contributed by atoms with van der Waals surface area (Å²) in [6.45, 7) is 0. The number of amides is 1. The smallest absolute Gasteiger partial charge is 0.307 e. The Labute approximate surface area is 125 Å². The molecule has 0 radical (unpaired) electrons. The number of hydrogen-bond donors (Lipinski definition) is 3. The second-order valence-electron chi connectivity index (χ2n) is 5.16. The Morgan fingerprint density at radius 2 is 2.00 bits per heavy atom. The molecule has 1 amide bonds. The summed E-state index contributed by atoms with van der Waals surface area (Å²) in [5.74, 6) is -3.56. The van der Waals surface area contributed by atoms with E-state index in [0.29, 0.717) is 19.3 Å². The Morgan fingerprint density at radius 1 is 1.29 bits per heavy atom. The second-order valence-corrected chi connectivity index (χ2v) is 6.14. The highest BCUT2D eigenvalue weighted by molar-refractivity contribution is 7.10. The summed E-state index contributed by atoms with van der Waals surface area (Å²) in [5, 5.41) is 22.6. The van der Waals surface area contributed by atoms with Crippen LogP contribution in [0.15, 0.2) is 17.5 Å². The van der Waals surface area contributed by atoms with Crippen LogP contribution in [0, 0.1) is 11.8 Å². The Balaban J connectivity index is 2.07. The van der Waals surface area contributed by atoms with Gasteiger partial charge in [-0.25, -0.2) is 0 Å². The second kappa shape index (κ2) is 6.71. The van der Waals surface area contributed by atoms with Crippen LogP contribution in [0.4, 0.5) is 0 Å². The van der Waals surface area contributed by atoms with E-state index >= 15 is 0 Å². The zero-order valence-corrected chi connectivity index (χ0v) is 12.1. The highest BCUT2D eigenvalue weighted by Crippen LogP contribution is 2.33. The molecule has 3 N–H and O–H groups in total. The third kappa shape index (κ3) is 3.81. The van der Waals surface area contributed by atoms with E-state index in [1.165, 1.54) is 11.3 Å². The maximum Gasteiger partial charge on any atom is 0.307 e. The first-order valence-electron chi connectivity index (χ1n) is 6.77. The van der Waals surface area contributed by atoms with Crippen LogP contribution in [-0.4, -0.2) is 28.1 Å². The predicted molar refractivity (Wildman–Crippen MR) is 75.9 cm³/mol. The van der Waals surface area contributed by atoms with Crippen LogP contribution in [0.1, 0.15) is 36.6 Å². The molecule has 1 fully saturated rings. The van der Waals surface area contributed by atoms with Crippen molar-refractivity contribution in [3.8, 4) is 0 Å². The molecule has 3 atom stereocenters. The molecule has 1 saturated carbocycles. The monoisotopic (exact) mass is 311 g/mol. The van der Waals surface area contributed by atoms with E-state index in [1.54, 1.807) is 12.1 Å². The molecule has 1 aromatic heterocycles. The van der Waals surface area contributed by atoms with Crippen LogP contribution in [0.5, 0.6) is 0 Å². The van der Waals surface area contributed by atoms with Crippen molar-refractivity contribution in [2.24, 2.45) is 11.8 Å². The average Bonchev–Trinajstić information content (AvgIpc) is 3.08. The summed E-state index contributed by atoms with van der Waals surface area (Å²) in [7, 11) is 0. The summed E-state index contributed by atoms with van der Waals surface area (Å²) in [4.78, 5) is 35.1. The Bertz CT molecular complexity index is 527. The van der Waals surface area contributed by atoms with Gasteiger partial charge in [-0.05, 0) is 24.3 Å². The summed E-state index contributed by atoms with van der Waals surface area (Å²) < 4.78 is 0. The molecule has 1 heterocycles. The number of carbonyl (C=O) groups excluding carboxylic acids is 1. The molecule has 1 aliphatic carbocycles. The van der Waals surface area contributed by atoms with Gasteiger partial charge in [-0.15, -0.1) is 11.3 Å². The summed E-state index contributed by atoms with van der Waals surface area (Å²) in [6, 6.07) is 2.95. The number of aliphatic carboxylic acids is 2. The number of rotatable bonds is 6. The van der Waals surface area contributed by atoms with Gasteiger partial charge in [0.2, 0.25) is 5.91 Å². The van der Waals surface area contributed by atoms with E-state index in [9.17, 15) is 14.4 Å². The fourth-order valence-corrected chi connectivity index (χ4v) is 3.51. The lowest BCUT2D eigenvalue weighted by molar-refractivity contribution is -0.146. The Morgan fingerprint density at radius 3 is 2.57 bits per heavy atom. The minimum Gasteiger partial charge on any atom is -0.481 e. The molecule has 1 unspecified atom stereocenters. The standard InChI is InChI=1S/C14H17NO5S/c16-12(17)7-10(11-5-2-6-21-11)15-13(18)8-3-1-4-9(8)14(19)20/h2,5-6,8-10H,1,3-4,7H2,(H,15,18)(H,16,17)(H,19,20)/t8-,9+,10?/m1/s1. The van der Waals surface area contributed by atoms with Crippen molar-refractivity contribution < 1.29 is 24.6 Å². The van der Waals surface area contributed by atoms with Gasteiger partial charge in [0.05, 0.1) is 24.3 Å². The van der Waals surface area contributed by atoms with E-state index in [2.05, 4.69) is 5.32 Å². The quantitative estimate of drug-likeness (QED) is 0.744. The van der Waals surface area contributed by atoms with Crippen molar-refractivity contribution in [1.29, 1.82) is 0 Å². The molecule has 0 spiro atoms. The summed E-state index contributed by atoms with van der Waals surface area (Å²) in [5.41, 5.74) is 0. The molecule has 0 aliphatic heterocycles. The van der Waals surface area contributed by atoms with Gasteiger partial charge >= 0.3 is 11.9 Å². The van der Waals surface area contributed by atoms with Gasteiger partial charge in [-0.3, -0.25) is 14.4 Å². The SMILES string of the molecule is O=C(O)CC(NC(=O)[C@@H]1CCC[C@@H]1C(=O)O)c1cccs1. The lowest BCUT2D eigenvalue weighted by Gasteiger charge is -2.20. The lowest BCUT2D eigenvalue weighted by Crippen LogP contribution is -2.38. The first kappa shape index (κ1) is 15.5. The molecule has 0 aromatic carbocycles. The number of nitrogens with one attached hydrogen (secondary N) is 1. The fourth-order valence-electron chi connectivity index (χ4n) is 2.74. The summed E-state index contributed by atoms with van der Waals surface area (Å²) >= 11 is 1.37. The van der Waals surface area contributed by atoms with Crippen LogP contribution < -0.4 is 5.32 Å². The van der Waals surface area contributed by atoms with Gasteiger partial charge in [0, 0.05) is 4.88 Å². The first-order valence-corrected chi connectivity index (χ1v) is 7.65. The zero-order valence-electron chi connectivity index (χ0n) is 11.3. The molecule has 1 aliphatic rings. The van der Waals surface area contributed by atoms with Crippen molar-refractivity contribution in [3.05, 3.63) is 22.4 Å². The van der Waals surface area contributed by atoms with Gasteiger partial charge in [0.15, 0.2) is 0 Å². The van der Waals surface area contributed by atoms with E-state index < -0.39 is 29.8 Å². The maximum atomic E-state index is 12.3. The van der Waals surface area contributed by atoms with Crippen LogP contribution in [0.2, 0.25) is 0 Å². The molecule has 21 heavy (non-hydrogen) atoms. The molecule has 0 bridgehead atoms. The molecular formula is C14H17NO5S. The number of carboxylic acids is 2. The minimum absolute atomic E-state index is 0.212. The number of hydrogen-bond acceptors (Lipinski definition) is 4. The third-order valence-electron chi connectivity index (χ3n) is 3.75. The topological polar surface area (TPSA) is 104 Å². The van der Waals surface area contributed by atoms with Crippen LogP contribution in [-0.2, 0) is 14.4 Å². The van der Waals surface area contributed by atoms with Gasteiger partial charge < -0.3 is 15.5 Å². The van der Waals surface area contributed by atoms with Crippen LogP contribution in [0.3, 0.4) is 0 Å². The Kier molecular flexibility index (Phi) is 4.95. The average molecular weight is 311 g/mol. The van der Waals surface area contributed by atoms with Gasteiger partial charge in [-0.2, -0.15) is 0 Å². The minimum atomic E-state index is -1.00. The molecule has 2 rings (SSSR count). The van der Waals surface area contributed by atoms with Gasteiger partial charge in [0.1, 0.15) is 0 Å². The van der Waals surface area contributed by atoms with Crippen molar-refractivity contribution in [1.82, 2.24) is 5.32 Å². The molecule has 1 aromatic rings. The van der Waals surface area contributed by atoms with Crippen LogP contribution in [0.25, 0.3) is 0 Å². The predicted octanol–water partition coefficient (Wildman–Crippen LogP) is 1.88. The van der Waals surface area contributed by atoms with Gasteiger partial charge in [-0.1, -0.05) is 12.5 Å². The van der Waals surface area contributed by atoms with E-state index in [-0.39, 0.29) is 12.3 Å². The van der Waals surface area contributed by atoms with Crippen molar-refractivity contribution in [2.75, 3.05) is 0 Å². The largest absolute Gasteiger partial charge is 0.481 e. The number of carboxylic acid groups (broad SMARTS) is 2. The Hall–Kier alpha value is -1.89. The van der Waals surface area contributed by atoms with Crippen molar-refractivity contribution in [2.45, 2.75) is 31.7 Å². The summed E-state index contributed by atoms with van der Waals surface area (Å²) in [6.07, 6.45) is 1.53. The third-order valence-corrected chi connectivity index (χ3v) is 4.74. The first-order chi connectivity index (χ1) is 9.99. The highest BCUT2D eigenvalue weighted by Gasteiger charge is 2.38. The number of carbonyl (C=O) groups is 3. The normalized spacial score (nSPS) is 22.7. The van der Waals surface area contributed by atoms with E-state index in [4.69, 9.17) is 10.2 Å². The van der Waals surface area contributed by atoms with Crippen molar-refractivity contribution in [3.63, 3.8) is 0 Å². The highest BCUT2D eigenvalue weighted by atomic mass is 32.1. The fraction of sp³-hybridized carbons (Fsp3) is 0.500. The molecule has 114 valence electrons. The van der Waals surface area contributed by atoms with E-state index in [1.807, 2.05) is 5.38 Å². The van der Waals surface area contributed by atoms with Crippen molar-refractivity contribution >= 4 is 29.2 Å². The number of thiophene rings is 1. The van der Waals surface area contributed by atoms with Gasteiger partial charge in [0.25, 0.3) is 0 Å². The molecule has 0 saturated heterocycles.